The molecule has 0 rings (SSSR count). The molecule has 106 valence electrons. The van der Waals surface area contributed by atoms with Gasteiger partial charge in [-0.1, -0.05) is 0 Å². The lowest BCUT2D eigenvalue weighted by Crippen LogP contribution is -2.49. The fourth-order valence-electron chi connectivity index (χ4n) is 1.10. The normalized spacial score (nSPS) is 13.1. The number of nitrogens with zero attached hydrogens (tertiary/aromatic N) is 1. The van der Waals surface area contributed by atoms with Crippen LogP contribution in [-0.4, -0.2) is 56.6 Å². The summed E-state index contributed by atoms with van der Waals surface area (Å²) in [6.07, 6.45) is -0.678. The molecule has 0 radical (unpaired) electrons. The maximum absolute atomic E-state index is 11.6. The number of nitrogens with one attached hydrogen (secondary N) is 1. The molecule has 0 saturated carbocycles. The van der Waals surface area contributed by atoms with Crippen LogP contribution in [0.4, 0.5) is 4.79 Å². The van der Waals surface area contributed by atoms with E-state index >= 15 is 0 Å². The number of rotatable bonds is 5. The van der Waals surface area contributed by atoms with Gasteiger partial charge in [0.2, 0.25) is 0 Å². The number of hydroxylamine groups is 2. The zero-order chi connectivity index (χ0) is 14.3. The fraction of sp³-hybridized carbons (Fsp3) is 0.818. The zero-order valence-corrected chi connectivity index (χ0v) is 11.8. The number of hydrogen-bond acceptors (Lipinski definition) is 6. The average molecular weight is 262 g/mol. The van der Waals surface area contributed by atoms with Crippen LogP contribution in [0.3, 0.4) is 0 Å². The number of esters is 1. The SMILES string of the molecule is COC(=O)[C@H](CN(C)OC)NC(=O)OC(C)(C)C. The highest BCUT2D eigenvalue weighted by Crippen LogP contribution is 2.07. The number of likely N-dealkylation sites (N-methyl/N-ethyl adjacent to an activating group) is 1. The molecular formula is C11H22N2O5. The largest absolute Gasteiger partial charge is 0.467 e. The number of carbonyl (C=O) groups excluding carboxylic acids is 2. The topological polar surface area (TPSA) is 77.1 Å². The van der Waals surface area contributed by atoms with Gasteiger partial charge in [-0.15, -0.1) is 0 Å². The fourth-order valence-corrected chi connectivity index (χ4v) is 1.10. The minimum atomic E-state index is -0.852. The van der Waals surface area contributed by atoms with E-state index in [0.717, 1.165) is 0 Å². The van der Waals surface area contributed by atoms with Crippen molar-refractivity contribution in [3.63, 3.8) is 0 Å². The van der Waals surface area contributed by atoms with Crippen molar-refractivity contribution in [1.29, 1.82) is 0 Å². The molecule has 7 heteroatoms. The van der Waals surface area contributed by atoms with Crippen LogP contribution in [0, 0.1) is 0 Å². The third-order valence-electron chi connectivity index (χ3n) is 1.93. The van der Waals surface area contributed by atoms with Crippen molar-refractivity contribution in [3.05, 3.63) is 0 Å². The number of ether oxygens (including phenoxy) is 2. The predicted molar refractivity (Wildman–Crippen MR) is 64.8 cm³/mol. The van der Waals surface area contributed by atoms with Gasteiger partial charge in [0.05, 0.1) is 20.8 Å². The van der Waals surface area contributed by atoms with Crippen LogP contribution in [0.25, 0.3) is 0 Å². The first-order valence-electron chi connectivity index (χ1n) is 5.52. The van der Waals surface area contributed by atoms with E-state index in [-0.39, 0.29) is 6.54 Å². The first-order chi connectivity index (χ1) is 8.19. The van der Waals surface area contributed by atoms with Crippen molar-refractivity contribution in [2.45, 2.75) is 32.4 Å². The van der Waals surface area contributed by atoms with E-state index in [1.807, 2.05) is 0 Å². The molecule has 0 aromatic carbocycles. The van der Waals surface area contributed by atoms with Crippen LogP contribution in [0.2, 0.25) is 0 Å². The molecule has 0 aliphatic rings. The summed E-state index contributed by atoms with van der Waals surface area (Å²) >= 11 is 0. The quantitative estimate of drug-likeness (QED) is 0.576. The van der Waals surface area contributed by atoms with Gasteiger partial charge in [-0.25, -0.2) is 9.59 Å². The summed E-state index contributed by atoms with van der Waals surface area (Å²) < 4.78 is 9.66. The Morgan fingerprint density at radius 1 is 1.28 bits per heavy atom. The first-order valence-corrected chi connectivity index (χ1v) is 5.52. The molecule has 0 saturated heterocycles. The highest BCUT2D eigenvalue weighted by Gasteiger charge is 2.26. The molecule has 0 aliphatic carbocycles. The third kappa shape index (κ3) is 7.08. The monoisotopic (exact) mass is 262 g/mol. The van der Waals surface area contributed by atoms with E-state index in [0.29, 0.717) is 0 Å². The minimum absolute atomic E-state index is 0.155. The van der Waals surface area contributed by atoms with Crippen molar-refractivity contribution in [1.82, 2.24) is 10.4 Å². The van der Waals surface area contributed by atoms with Gasteiger partial charge >= 0.3 is 12.1 Å². The number of methoxy groups -OCH3 is 1. The van der Waals surface area contributed by atoms with Crippen molar-refractivity contribution in [2.75, 3.05) is 27.8 Å². The van der Waals surface area contributed by atoms with Crippen LogP contribution < -0.4 is 5.32 Å². The molecule has 0 bridgehead atoms. The van der Waals surface area contributed by atoms with Crippen molar-refractivity contribution < 1.29 is 23.9 Å². The van der Waals surface area contributed by atoms with Gasteiger partial charge in [0.25, 0.3) is 0 Å². The predicted octanol–water partition coefficient (Wildman–Crippen LogP) is 0.546. The van der Waals surface area contributed by atoms with E-state index in [4.69, 9.17) is 9.57 Å². The van der Waals surface area contributed by atoms with Crippen LogP contribution in [0.5, 0.6) is 0 Å². The molecular weight excluding hydrogens is 240 g/mol. The summed E-state index contributed by atoms with van der Waals surface area (Å²) in [6.45, 7) is 5.37. The van der Waals surface area contributed by atoms with Gasteiger partial charge in [-0.3, -0.25) is 0 Å². The molecule has 0 spiro atoms. The molecule has 0 aromatic heterocycles. The first kappa shape index (κ1) is 16.7. The maximum atomic E-state index is 11.6. The Morgan fingerprint density at radius 3 is 2.22 bits per heavy atom. The average Bonchev–Trinajstić information content (AvgIpc) is 2.24. The van der Waals surface area contributed by atoms with E-state index in [1.54, 1.807) is 27.8 Å². The Morgan fingerprint density at radius 2 is 1.83 bits per heavy atom. The summed E-state index contributed by atoms with van der Waals surface area (Å²) in [5.74, 6) is -0.565. The second-order valence-electron chi connectivity index (χ2n) is 4.72. The summed E-state index contributed by atoms with van der Waals surface area (Å²) in [5, 5.41) is 3.83. The van der Waals surface area contributed by atoms with Gasteiger partial charge in [-0.05, 0) is 20.8 Å². The van der Waals surface area contributed by atoms with Crippen LogP contribution in [0.15, 0.2) is 0 Å². The van der Waals surface area contributed by atoms with E-state index in [2.05, 4.69) is 10.1 Å². The molecule has 7 nitrogen and oxygen atoms in total. The van der Waals surface area contributed by atoms with Crippen molar-refractivity contribution >= 4 is 12.1 Å². The number of amides is 1. The third-order valence-corrected chi connectivity index (χ3v) is 1.93. The Balaban J connectivity index is 4.50. The summed E-state index contributed by atoms with van der Waals surface area (Å²) in [4.78, 5) is 27.9. The number of carbonyl (C=O) groups is 2. The molecule has 0 unspecified atom stereocenters. The molecule has 0 heterocycles. The lowest BCUT2D eigenvalue weighted by Gasteiger charge is -2.24. The maximum Gasteiger partial charge on any atom is 0.408 e. The smallest absolute Gasteiger partial charge is 0.408 e. The van der Waals surface area contributed by atoms with E-state index in [1.165, 1.54) is 19.3 Å². The molecule has 1 N–H and O–H groups in total. The molecule has 0 aromatic rings. The number of hydrogen-bond donors (Lipinski definition) is 1. The highest BCUT2D eigenvalue weighted by molar-refractivity contribution is 5.81. The van der Waals surface area contributed by atoms with Crippen LogP contribution in [0.1, 0.15) is 20.8 Å². The molecule has 18 heavy (non-hydrogen) atoms. The van der Waals surface area contributed by atoms with Gasteiger partial charge in [-0.2, -0.15) is 5.06 Å². The second-order valence-corrected chi connectivity index (χ2v) is 4.72. The van der Waals surface area contributed by atoms with Crippen molar-refractivity contribution in [3.8, 4) is 0 Å². The van der Waals surface area contributed by atoms with Gasteiger partial charge in [0.15, 0.2) is 0 Å². The van der Waals surface area contributed by atoms with Gasteiger partial charge in [0, 0.05) is 7.05 Å². The second kappa shape index (κ2) is 7.17. The highest BCUT2D eigenvalue weighted by atomic mass is 16.7. The lowest BCUT2D eigenvalue weighted by atomic mass is 10.2. The summed E-state index contributed by atoms with van der Waals surface area (Å²) in [6, 6.07) is -0.852. The minimum Gasteiger partial charge on any atom is -0.467 e. The summed E-state index contributed by atoms with van der Waals surface area (Å²) in [7, 11) is 4.34. The Hall–Kier alpha value is -1.34. The van der Waals surface area contributed by atoms with Gasteiger partial charge in [0.1, 0.15) is 11.6 Å². The molecule has 0 aliphatic heterocycles. The number of alkyl carbamates (subject to hydrolysis) is 1. The van der Waals surface area contributed by atoms with Gasteiger partial charge < -0.3 is 19.6 Å². The molecule has 0 fully saturated rings. The Labute approximate surface area is 107 Å². The lowest BCUT2D eigenvalue weighted by molar-refractivity contribution is -0.151. The van der Waals surface area contributed by atoms with Crippen molar-refractivity contribution in [2.24, 2.45) is 0 Å². The van der Waals surface area contributed by atoms with E-state index in [9.17, 15) is 9.59 Å². The zero-order valence-electron chi connectivity index (χ0n) is 11.8. The molecule has 1 atom stereocenters. The summed E-state index contributed by atoms with van der Waals surface area (Å²) in [5.41, 5.74) is -0.627. The Kier molecular flexibility index (Phi) is 6.64. The van der Waals surface area contributed by atoms with E-state index < -0.39 is 23.7 Å². The standard InChI is InChI=1S/C11H22N2O5/c1-11(2,3)18-10(15)12-8(9(14)16-5)7-13(4)17-6/h8H,7H2,1-6H3,(H,12,15)/t8-/m0/s1. The van der Waals surface area contributed by atoms with Crippen LogP contribution in [-0.2, 0) is 19.1 Å². The van der Waals surface area contributed by atoms with Crippen LogP contribution >= 0.6 is 0 Å². The Bertz CT molecular complexity index is 288. The molecule has 1 amide bonds.